The molecule has 0 heterocycles. The molecule has 0 aliphatic heterocycles. The van der Waals surface area contributed by atoms with Crippen LogP contribution in [-0.4, -0.2) is 11.2 Å². The van der Waals surface area contributed by atoms with Crippen LogP contribution in [0.3, 0.4) is 0 Å². The lowest BCUT2D eigenvalue weighted by Crippen LogP contribution is -2.13. The van der Waals surface area contributed by atoms with Gasteiger partial charge >= 0.3 is 0 Å². The van der Waals surface area contributed by atoms with E-state index in [-0.39, 0.29) is 5.91 Å². The van der Waals surface area contributed by atoms with Crippen molar-refractivity contribution in [3.8, 4) is 0 Å². The van der Waals surface area contributed by atoms with Crippen molar-refractivity contribution < 1.29 is 4.79 Å². The van der Waals surface area contributed by atoms with E-state index < -0.39 is 0 Å². The van der Waals surface area contributed by atoms with Gasteiger partial charge in [0.1, 0.15) is 0 Å². The van der Waals surface area contributed by atoms with E-state index in [1.54, 1.807) is 0 Å². The minimum Gasteiger partial charge on any atom is -0.326 e. The van der Waals surface area contributed by atoms with Crippen molar-refractivity contribution >= 4 is 27.5 Å². The predicted molar refractivity (Wildman–Crippen MR) is 81.4 cm³/mol. The first kappa shape index (κ1) is 15.2. The molecule has 0 saturated heterocycles. The van der Waals surface area contributed by atoms with Crippen LogP contribution < -0.4 is 5.32 Å². The van der Waals surface area contributed by atoms with Gasteiger partial charge < -0.3 is 5.32 Å². The first-order chi connectivity index (χ1) is 8.69. The van der Waals surface area contributed by atoms with Gasteiger partial charge in [0.2, 0.25) is 5.91 Å². The summed E-state index contributed by atoms with van der Waals surface area (Å²) in [5.74, 6) is 0.593. The number of rotatable bonds is 7. The minimum absolute atomic E-state index is 0.117. The number of carbonyl (C=O) groups excluding carboxylic acids is 1. The zero-order chi connectivity index (χ0) is 13.4. The summed E-state index contributed by atoms with van der Waals surface area (Å²) in [6.07, 6.45) is 3.65. The van der Waals surface area contributed by atoms with Gasteiger partial charge in [-0.2, -0.15) is 0 Å². The topological polar surface area (TPSA) is 29.1 Å². The Morgan fingerprint density at radius 3 is 2.72 bits per heavy atom. The van der Waals surface area contributed by atoms with Crippen LogP contribution in [0.1, 0.15) is 51.0 Å². The van der Waals surface area contributed by atoms with Crippen molar-refractivity contribution in [3.05, 3.63) is 29.8 Å². The van der Waals surface area contributed by atoms with Gasteiger partial charge in [-0.3, -0.25) is 4.79 Å². The van der Waals surface area contributed by atoms with Gasteiger partial charge in [-0.1, -0.05) is 48.0 Å². The Bertz CT molecular complexity index is 379. The molecule has 3 heteroatoms. The van der Waals surface area contributed by atoms with E-state index in [0.29, 0.717) is 12.3 Å². The molecule has 0 saturated carbocycles. The zero-order valence-electron chi connectivity index (χ0n) is 11.2. The predicted octanol–water partition coefficient (Wildman–Crippen LogP) is 4.70. The van der Waals surface area contributed by atoms with Crippen LogP contribution in [0, 0.1) is 0 Å². The Balaban J connectivity index is 2.63. The van der Waals surface area contributed by atoms with Crippen molar-refractivity contribution in [3.63, 3.8) is 0 Å². The summed E-state index contributed by atoms with van der Waals surface area (Å²) in [6, 6.07) is 8.09. The summed E-state index contributed by atoms with van der Waals surface area (Å²) in [7, 11) is 0. The maximum Gasteiger partial charge on any atom is 0.224 e. The average molecular weight is 312 g/mol. The summed E-state index contributed by atoms with van der Waals surface area (Å²) >= 11 is 3.37. The first-order valence-corrected chi connectivity index (χ1v) is 7.76. The second kappa shape index (κ2) is 8.30. The number of amides is 1. The molecule has 0 aliphatic rings. The quantitative estimate of drug-likeness (QED) is 0.573. The third-order valence-corrected chi connectivity index (χ3v) is 3.73. The molecule has 1 aromatic rings. The van der Waals surface area contributed by atoms with Gasteiger partial charge in [0, 0.05) is 17.4 Å². The van der Waals surface area contributed by atoms with E-state index in [0.717, 1.165) is 30.3 Å². The van der Waals surface area contributed by atoms with Gasteiger partial charge in [0.05, 0.1) is 0 Å². The molecular formula is C15H22BrNO. The largest absolute Gasteiger partial charge is 0.326 e. The number of nitrogens with one attached hydrogen (secondary N) is 1. The fraction of sp³-hybridized carbons (Fsp3) is 0.533. The van der Waals surface area contributed by atoms with E-state index >= 15 is 0 Å². The Morgan fingerprint density at radius 2 is 2.06 bits per heavy atom. The molecule has 0 aromatic heterocycles. The van der Waals surface area contributed by atoms with Gasteiger partial charge in [0.25, 0.3) is 0 Å². The molecule has 100 valence electrons. The second-order valence-electron chi connectivity index (χ2n) is 4.59. The molecule has 1 unspecified atom stereocenters. The van der Waals surface area contributed by atoms with Crippen molar-refractivity contribution in [1.29, 1.82) is 0 Å². The molecule has 0 bridgehead atoms. The SMILES string of the molecule is CCC(C)c1ccccc1NC(=O)CCCCBr. The van der Waals surface area contributed by atoms with E-state index in [2.05, 4.69) is 41.2 Å². The number of carbonyl (C=O) groups is 1. The number of alkyl halides is 1. The number of benzene rings is 1. The summed E-state index contributed by atoms with van der Waals surface area (Å²) in [4.78, 5) is 11.8. The monoisotopic (exact) mass is 311 g/mol. The van der Waals surface area contributed by atoms with Crippen LogP contribution in [0.15, 0.2) is 24.3 Å². The first-order valence-electron chi connectivity index (χ1n) is 6.63. The number of halogens is 1. The van der Waals surface area contributed by atoms with Crippen LogP contribution in [0.4, 0.5) is 5.69 Å². The van der Waals surface area contributed by atoms with E-state index in [4.69, 9.17) is 0 Å². The van der Waals surface area contributed by atoms with Gasteiger partial charge in [-0.15, -0.1) is 0 Å². The summed E-state index contributed by atoms with van der Waals surface area (Å²) in [6.45, 7) is 4.36. The Labute approximate surface area is 118 Å². The molecule has 18 heavy (non-hydrogen) atoms. The van der Waals surface area contributed by atoms with Crippen molar-refractivity contribution in [2.24, 2.45) is 0 Å². The fourth-order valence-corrected chi connectivity index (χ4v) is 2.25. The van der Waals surface area contributed by atoms with Crippen molar-refractivity contribution in [1.82, 2.24) is 0 Å². The van der Waals surface area contributed by atoms with Gasteiger partial charge in [-0.25, -0.2) is 0 Å². The molecule has 1 rings (SSSR count). The van der Waals surface area contributed by atoms with Crippen LogP contribution in [0.5, 0.6) is 0 Å². The standard InChI is InChI=1S/C15H22BrNO/c1-3-12(2)13-8-4-5-9-14(13)17-15(18)10-6-7-11-16/h4-5,8-9,12H,3,6-7,10-11H2,1-2H3,(H,17,18). The summed E-state index contributed by atoms with van der Waals surface area (Å²) in [5.41, 5.74) is 2.20. The van der Waals surface area contributed by atoms with E-state index in [1.807, 2.05) is 18.2 Å². The average Bonchev–Trinajstić information content (AvgIpc) is 2.39. The normalized spacial score (nSPS) is 12.2. The Hall–Kier alpha value is -0.830. The lowest BCUT2D eigenvalue weighted by molar-refractivity contribution is -0.116. The Kier molecular flexibility index (Phi) is 7.02. The molecule has 1 N–H and O–H groups in total. The van der Waals surface area contributed by atoms with E-state index in [9.17, 15) is 4.79 Å². The summed E-state index contributed by atoms with van der Waals surface area (Å²) in [5, 5.41) is 3.99. The molecule has 0 aliphatic carbocycles. The highest BCUT2D eigenvalue weighted by atomic mass is 79.9. The highest BCUT2D eigenvalue weighted by Gasteiger charge is 2.10. The second-order valence-corrected chi connectivity index (χ2v) is 5.38. The van der Waals surface area contributed by atoms with Crippen LogP contribution >= 0.6 is 15.9 Å². The number of hydrogen-bond donors (Lipinski definition) is 1. The highest BCUT2D eigenvalue weighted by molar-refractivity contribution is 9.09. The third kappa shape index (κ3) is 4.81. The Morgan fingerprint density at radius 1 is 1.33 bits per heavy atom. The maximum atomic E-state index is 11.8. The zero-order valence-corrected chi connectivity index (χ0v) is 12.8. The van der Waals surface area contributed by atoms with E-state index in [1.165, 1.54) is 5.56 Å². The maximum absolute atomic E-state index is 11.8. The molecule has 2 nitrogen and oxygen atoms in total. The fourth-order valence-electron chi connectivity index (χ4n) is 1.85. The molecule has 1 aromatic carbocycles. The van der Waals surface area contributed by atoms with Crippen molar-refractivity contribution in [2.45, 2.75) is 45.4 Å². The highest BCUT2D eigenvalue weighted by Crippen LogP contribution is 2.26. The number of unbranched alkanes of at least 4 members (excludes halogenated alkanes) is 1. The third-order valence-electron chi connectivity index (χ3n) is 3.17. The molecule has 0 fully saturated rings. The number of para-hydroxylation sites is 1. The molecular weight excluding hydrogens is 290 g/mol. The lowest BCUT2D eigenvalue weighted by atomic mass is 9.97. The molecule has 1 amide bonds. The number of anilines is 1. The molecule has 1 atom stereocenters. The van der Waals surface area contributed by atoms with Gasteiger partial charge in [-0.05, 0) is 36.8 Å². The van der Waals surface area contributed by atoms with Crippen LogP contribution in [0.2, 0.25) is 0 Å². The minimum atomic E-state index is 0.117. The summed E-state index contributed by atoms with van der Waals surface area (Å²) < 4.78 is 0. The van der Waals surface area contributed by atoms with Crippen LogP contribution in [-0.2, 0) is 4.79 Å². The van der Waals surface area contributed by atoms with Gasteiger partial charge in [0.15, 0.2) is 0 Å². The lowest BCUT2D eigenvalue weighted by Gasteiger charge is -2.15. The number of hydrogen-bond acceptors (Lipinski definition) is 1. The molecule has 0 spiro atoms. The molecule has 0 radical (unpaired) electrons. The smallest absolute Gasteiger partial charge is 0.224 e. The van der Waals surface area contributed by atoms with Crippen LogP contribution in [0.25, 0.3) is 0 Å². The van der Waals surface area contributed by atoms with Crippen molar-refractivity contribution in [2.75, 3.05) is 10.6 Å².